The van der Waals surface area contributed by atoms with Crippen LogP contribution in [0.5, 0.6) is 0 Å². The molecule has 28 heavy (non-hydrogen) atoms. The van der Waals surface area contributed by atoms with Crippen molar-refractivity contribution in [1.29, 1.82) is 0 Å². The lowest BCUT2D eigenvalue weighted by Crippen LogP contribution is -2.55. The minimum absolute atomic E-state index is 0.0577. The molecule has 2 fully saturated rings. The van der Waals surface area contributed by atoms with Crippen LogP contribution in [0.2, 0.25) is 0 Å². The van der Waals surface area contributed by atoms with Gasteiger partial charge in [-0.1, -0.05) is 19.9 Å². The molecule has 1 heterocycles. The molecule has 0 radical (unpaired) electrons. The summed E-state index contributed by atoms with van der Waals surface area (Å²) in [6, 6.07) is 8.14. The Hall–Kier alpha value is -2.28. The Morgan fingerprint density at radius 2 is 1.96 bits per heavy atom. The van der Waals surface area contributed by atoms with Crippen LogP contribution in [0.3, 0.4) is 0 Å². The van der Waals surface area contributed by atoms with Crippen LogP contribution in [0.4, 0.5) is 16.2 Å². The van der Waals surface area contributed by atoms with Gasteiger partial charge in [-0.15, -0.1) is 0 Å². The molecule has 0 spiro atoms. The monoisotopic (exact) mass is 388 g/mol. The van der Waals surface area contributed by atoms with Gasteiger partial charge in [0.1, 0.15) is 0 Å². The summed E-state index contributed by atoms with van der Waals surface area (Å²) in [5, 5.41) is 14.9. The van der Waals surface area contributed by atoms with Crippen molar-refractivity contribution in [3.05, 3.63) is 24.3 Å². The number of carboxylic acid groups (broad SMARTS) is 1. The first-order chi connectivity index (χ1) is 13.4. The summed E-state index contributed by atoms with van der Waals surface area (Å²) < 4.78 is 0. The van der Waals surface area contributed by atoms with E-state index in [-0.39, 0.29) is 24.7 Å². The van der Waals surface area contributed by atoms with Crippen molar-refractivity contribution in [1.82, 2.24) is 10.2 Å². The number of carbonyl (C=O) groups excluding carboxylic acids is 1. The van der Waals surface area contributed by atoms with E-state index >= 15 is 0 Å². The molecule has 1 aromatic rings. The molecule has 1 aliphatic heterocycles. The third-order valence-electron chi connectivity index (χ3n) is 5.96. The highest BCUT2D eigenvalue weighted by atomic mass is 16.4. The lowest BCUT2D eigenvalue weighted by Gasteiger charge is -2.42. The minimum atomic E-state index is -0.806. The normalized spacial score (nSPS) is 22.6. The number of piperidine rings is 1. The van der Waals surface area contributed by atoms with Gasteiger partial charge in [-0.25, -0.2) is 4.79 Å². The third-order valence-corrected chi connectivity index (χ3v) is 5.96. The van der Waals surface area contributed by atoms with E-state index in [1.165, 1.54) is 12.8 Å². The Bertz CT molecular complexity index is 682. The second-order valence-electron chi connectivity index (χ2n) is 8.10. The first-order valence-corrected chi connectivity index (χ1v) is 10.3. The lowest BCUT2D eigenvalue weighted by molar-refractivity contribution is -0.139. The van der Waals surface area contributed by atoms with Crippen LogP contribution in [0.25, 0.3) is 0 Å². The number of nitrogens with one attached hydrogen (secondary N) is 2. The van der Waals surface area contributed by atoms with Crippen molar-refractivity contribution in [3.63, 3.8) is 0 Å². The molecular weight excluding hydrogens is 356 g/mol. The molecule has 3 rings (SSSR count). The average Bonchev–Trinajstić information content (AvgIpc) is 2.63. The predicted molar refractivity (Wildman–Crippen MR) is 111 cm³/mol. The maximum Gasteiger partial charge on any atom is 0.319 e. The van der Waals surface area contributed by atoms with E-state index in [9.17, 15) is 9.59 Å². The summed E-state index contributed by atoms with van der Waals surface area (Å²) in [5.74, 6) is -0.0205. The average molecular weight is 389 g/mol. The van der Waals surface area contributed by atoms with E-state index in [1.54, 1.807) is 0 Å². The largest absolute Gasteiger partial charge is 0.480 e. The Kier molecular flexibility index (Phi) is 6.78. The second kappa shape index (κ2) is 9.28. The van der Waals surface area contributed by atoms with Gasteiger partial charge in [-0.05, 0) is 56.3 Å². The third kappa shape index (κ3) is 5.38. The Balaban J connectivity index is 1.46. The molecule has 0 atom stereocenters. The highest BCUT2D eigenvalue weighted by molar-refractivity contribution is 5.90. The number of rotatable bonds is 7. The van der Waals surface area contributed by atoms with Crippen LogP contribution in [-0.4, -0.2) is 60.3 Å². The Labute approximate surface area is 167 Å². The van der Waals surface area contributed by atoms with Crippen LogP contribution in [0, 0.1) is 5.92 Å². The number of carbonyl (C=O) groups is 2. The quantitative estimate of drug-likeness (QED) is 0.669. The molecule has 0 aromatic heterocycles. The van der Waals surface area contributed by atoms with Crippen molar-refractivity contribution in [2.45, 2.75) is 51.6 Å². The standard InChI is InChI=1S/C21H32N4O3/c1-3-24(14-20(26)27)19-12-17(13-19)23-21(28)22-16-5-4-6-18(11-16)25-9-7-15(2)8-10-25/h4-6,11,15,17,19H,3,7-10,12-14H2,1-2H3,(H,26,27)(H2,22,23,28). The van der Waals surface area contributed by atoms with Crippen molar-refractivity contribution >= 4 is 23.4 Å². The first-order valence-electron chi connectivity index (χ1n) is 10.3. The number of amides is 2. The zero-order valence-corrected chi connectivity index (χ0v) is 16.9. The number of anilines is 2. The first kappa shape index (κ1) is 20.5. The van der Waals surface area contributed by atoms with Crippen LogP contribution >= 0.6 is 0 Å². The molecule has 154 valence electrons. The zero-order valence-electron chi connectivity index (χ0n) is 16.9. The molecular formula is C21H32N4O3. The van der Waals surface area contributed by atoms with Crippen molar-refractivity contribution < 1.29 is 14.7 Å². The fraction of sp³-hybridized carbons (Fsp3) is 0.619. The minimum Gasteiger partial charge on any atom is -0.480 e. The summed E-state index contributed by atoms with van der Waals surface area (Å²) in [6.45, 7) is 7.15. The van der Waals surface area contributed by atoms with Gasteiger partial charge in [0.05, 0.1) is 6.54 Å². The van der Waals surface area contributed by atoms with Gasteiger partial charge in [-0.3, -0.25) is 9.69 Å². The number of hydrogen-bond acceptors (Lipinski definition) is 4. The number of likely N-dealkylation sites (N-methyl/N-ethyl adjacent to an activating group) is 1. The molecule has 0 unspecified atom stereocenters. The zero-order chi connectivity index (χ0) is 20.1. The van der Waals surface area contributed by atoms with E-state index in [0.717, 1.165) is 43.2 Å². The molecule has 1 saturated carbocycles. The highest BCUT2D eigenvalue weighted by Crippen LogP contribution is 2.27. The van der Waals surface area contributed by atoms with Gasteiger partial charge in [0.25, 0.3) is 0 Å². The number of hydrogen-bond donors (Lipinski definition) is 3. The van der Waals surface area contributed by atoms with Crippen LogP contribution < -0.4 is 15.5 Å². The Morgan fingerprint density at radius 3 is 2.61 bits per heavy atom. The fourth-order valence-electron chi connectivity index (χ4n) is 4.08. The van der Waals surface area contributed by atoms with Gasteiger partial charge in [0.15, 0.2) is 0 Å². The molecule has 2 aliphatic rings. The van der Waals surface area contributed by atoms with E-state index in [0.29, 0.717) is 6.54 Å². The van der Waals surface area contributed by atoms with E-state index in [2.05, 4.69) is 28.5 Å². The molecule has 7 heteroatoms. The van der Waals surface area contributed by atoms with Crippen molar-refractivity contribution in [2.75, 3.05) is 36.4 Å². The number of benzene rings is 1. The van der Waals surface area contributed by atoms with E-state index in [4.69, 9.17) is 5.11 Å². The summed E-state index contributed by atoms with van der Waals surface area (Å²) in [6.07, 6.45) is 4.00. The Morgan fingerprint density at radius 1 is 1.25 bits per heavy atom. The number of carboxylic acids is 1. The van der Waals surface area contributed by atoms with Crippen LogP contribution in [0.15, 0.2) is 24.3 Å². The van der Waals surface area contributed by atoms with Gasteiger partial charge in [0.2, 0.25) is 0 Å². The topological polar surface area (TPSA) is 84.9 Å². The van der Waals surface area contributed by atoms with Crippen LogP contribution in [-0.2, 0) is 4.79 Å². The smallest absolute Gasteiger partial charge is 0.319 e. The van der Waals surface area contributed by atoms with Crippen molar-refractivity contribution in [3.8, 4) is 0 Å². The van der Waals surface area contributed by atoms with Gasteiger partial charge in [0, 0.05) is 36.5 Å². The molecule has 2 amide bonds. The van der Waals surface area contributed by atoms with E-state index in [1.807, 2.05) is 30.0 Å². The number of nitrogens with zero attached hydrogens (tertiary/aromatic N) is 2. The second-order valence-corrected chi connectivity index (χ2v) is 8.10. The number of urea groups is 1. The maximum atomic E-state index is 12.3. The summed E-state index contributed by atoms with van der Waals surface area (Å²) in [5.41, 5.74) is 1.95. The fourth-order valence-corrected chi connectivity index (χ4v) is 4.08. The van der Waals surface area contributed by atoms with E-state index < -0.39 is 5.97 Å². The summed E-state index contributed by atoms with van der Waals surface area (Å²) in [4.78, 5) is 27.6. The molecule has 0 bridgehead atoms. The predicted octanol–water partition coefficient (Wildman–Crippen LogP) is 2.98. The van der Waals surface area contributed by atoms with Gasteiger partial charge < -0.3 is 20.6 Å². The van der Waals surface area contributed by atoms with Crippen molar-refractivity contribution in [2.24, 2.45) is 5.92 Å². The lowest BCUT2D eigenvalue weighted by atomic mass is 9.85. The SMILES string of the molecule is CCN(CC(=O)O)C1CC(NC(=O)Nc2cccc(N3CCC(C)CC3)c2)C1. The van der Waals surface area contributed by atoms with Gasteiger partial charge in [-0.2, -0.15) is 0 Å². The summed E-state index contributed by atoms with van der Waals surface area (Å²) >= 11 is 0. The van der Waals surface area contributed by atoms with Gasteiger partial charge >= 0.3 is 12.0 Å². The molecule has 1 aliphatic carbocycles. The maximum absolute atomic E-state index is 12.3. The number of aliphatic carboxylic acids is 1. The van der Waals surface area contributed by atoms with Crippen LogP contribution in [0.1, 0.15) is 39.5 Å². The molecule has 1 aromatic carbocycles. The highest BCUT2D eigenvalue weighted by Gasteiger charge is 2.34. The molecule has 7 nitrogen and oxygen atoms in total. The molecule has 3 N–H and O–H groups in total. The molecule has 1 saturated heterocycles. The summed E-state index contributed by atoms with van der Waals surface area (Å²) in [7, 11) is 0.